The molecule has 0 saturated carbocycles. The first kappa shape index (κ1) is 23.0. The largest absolute Gasteiger partial charge is 0.351 e. The first-order chi connectivity index (χ1) is 17.0. The molecule has 0 aliphatic carbocycles. The summed E-state index contributed by atoms with van der Waals surface area (Å²) < 4.78 is 15.8. The normalized spacial score (nSPS) is 15.8. The Morgan fingerprint density at radius 2 is 1.97 bits per heavy atom. The van der Waals surface area contributed by atoms with Gasteiger partial charge in [-0.3, -0.25) is 14.2 Å². The van der Waals surface area contributed by atoms with Crippen LogP contribution in [-0.2, 0) is 11.3 Å². The number of fused-ring (bicyclic) bond motifs is 1. The monoisotopic (exact) mass is 491 g/mol. The van der Waals surface area contributed by atoms with E-state index >= 15 is 0 Å². The molecule has 1 atom stereocenters. The Labute approximate surface area is 206 Å². The second-order valence-corrected chi connectivity index (χ2v) is 8.99. The van der Waals surface area contributed by atoms with E-state index in [1.54, 1.807) is 16.8 Å². The lowest BCUT2D eigenvalue weighted by atomic mass is 9.97. The van der Waals surface area contributed by atoms with Crippen molar-refractivity contribution in [2.45, 2.75) is 19.4 Å². The van der Waals surface area contributed by atoms with E-state index in [2.05, 4.69) is 15.3 Å². The second-order valence-electron chi connectivity index (χ2n) is 8.56. The molecule has 178 valence electrons. The first-order valence-electron chi connectivity index (χ1n) is 11.4. The number of piperidine rings is 1. The number of nitrogens with zero attached hydrogens (tertiary/aromatic N) is 4. The van der Waals surface area contributed by atoms with Gasteiger partial charge in [-0.1, -0.05) is 41.9 Å². The minimum atomic E-state index is -0.592. The van der Waals surface area contributed by atoms with E-state index in [9.17, 15) is 14.0 Å². The van der Waals surface area contributed by atoms with Crippen LogP contribution in [0.4, 0.5) is 15.9 Å². The van der Waals surface area contributed by atoms with Crippen LogP contribution >= 0.6 is 11.6 Å². The molecule has 4 aromatic rings. The third-order valence-corrected chi connectivity index (χ3v) is 6.38. The van der Waals surface area contributed by atoms with Crippen LogP contribution in [0.2, 0.25) is 5.02 Å². The smallest absolute Gasteiger partial charge is 0.295 e. The Kier molecular flexibility index (Phi) is 6.46. The van der Waals surface area contributed by atoms with E-state index in [0.717, 1.165) is 11.6 Å². The lowest BCUT2D eigenvalue weighted by Gasteiger charge is -2.32. The summed E-state index contributed by atoms with van der Waals surface area (Å²) in [6.07, 6.45) is 2.97. The molecular weight excluding hydrogens is 469 g/mol. The van der Waals surface area contributed by atoms with Gasteiger partial charge in [-0.25, -0.2) is 14.4 Å². The molecule has 0 spiro atoms. The molecule has 35 heavy (non-hydrogen) atoms. The fourth-order valence-electron chi connectivity index (χ4n) is 4.39. The third kappa shape index (κ3) is 4.88. The van der Waals surface area contributed by atoms with E-state index < -0.39 is 11.7 Å². The number of aromatic nitrogens is 3. The van der Waals surface area contributed by atoms with Gasteiger partial charge in [0.2, 0.25) is 5.91 Å². The molecule has 1 aliphatic heterocycles. The van der Waals surface area contributed by atoms with E-state index in [1.165, 1.54) is 12.1 Å². The number of carbonyl (C=O) groups is 1. The van der Waals surface area contributed by atoms with Crippen molar-refractivity contribution >= 4 is 40.2 Å². The average molecular weight is 492 g/mol. The van der Waals surface area contributed by atoms with E-state index in [1.807, 2.05) is 41.3 Å². The number of benzene rings is 2. The lowest BCUT2D eigenvalue weighted by molar-refractivity contribution is -0.120. The van der Waals surface area contributed by atoms with E-state index in [0.29, 0.717) is 43.6 Å². The Balaban J connectivity index is 1.44. The fourth-order valence-corrected chi connectivity index (χ4v) is 4.55. The van der Waals surface area contributed by atoms with Gasteiger partial charge < -0.3 is 10.2 Å². The highest BCUT2D eigenvalue weighted by atomic mass is 35.5. The Morgan fingerprint density at radius 3 is 2.77 bits per heavy atom. The average Bonchev–Trinajstić information content (AvgIpc) is 2.88. The van der Waals surface area contributed by atoms with Gasteiger partial charge in [0.1, 0.15) is 11.3 Å². The summed E-state index contributed by atoms with van der Waals surface area (Å²) in [5, 5.41) is 2.91. The molecule has 1 amide bonds. The summed E-state index contributed by atoms with van der Waals surface area (Å²) in [6.45, 7) is 1.26. The molecule has 1 N–H and O–H groups in total. The molecule has 2 aromatic carbocycles. The van der Waals surface area contributed by atoms with Gasteiger partial charge in [-0.15, -0.1) is 0 Å². The van der Waals surface area contributed by atoms with Gasteiger partial charge in [-0.2, -0.15) is 0 Å². The highest BCUT2D eigenvalue weighted by Gasteiger charge is 2.29. The maximum Gasteiger partial charge on any atom is 0.295 e. The summed E-state index contributed by atoms with van der Waals surface area (Å²) in [7, 11) is 0. The summed E-state index contributed by atoms with van der Waals surface area (Å²) in [5.41, 5.74) is 1.91. The van der Waals surface area contributed by atoms with Crippen molar-refractivity contribution in [1.82, 2.24) is 14.5 Å². The van der Waals surface area contributed by atoms with Crippen molar-refractivity contribution < 1.29 is 9.18 Å². The number of carbonyl (C=O) groups excluding carboxylic acids is 1. The molecule has 9 heteroatoms. The van der Waals surface area contributed by atoms with E-state index in [4.69, 9.17) is 11.6 Å². The van der Waals surface area contributed by atoms with Gasteiger partial charge in [-0.05, 0) is 48.7 Å². The van der Waals surface area contributed by atoms with Crippen LogP contribution in [0.1, 0.15) is 18.4 Å². The standard InChI is InChI=1S/C26H23ClFN5O2/c27-19-10-11-21(20(28)14-19)31-25(34)18-8-5-13-32(16-18)24-26(35)33(15-17-6-2-1-3-7-17)23-22(30-24)9-4-12-29-23/h1-4,6-7,9-12,14,18H,5,8,13,15-16H2,(H,31,34)/t18-/m1/s1. The Bertz CT molecular complexity index is 1440. The SMILES string of the molecule is O=C(Nc1ccc(Cl)cc1F)[C@@H]1CCCN(c2nc3cccnc3n(Cc3ccccc3)c2=O)C1. The zero-order valence-corrected chi connectivity index (χ0v) is 19.6. The Hall–Kier alpha value is -3.78. The van der Waals surface area contributed by atoms with Crippen molar-refractivity contribution in [1.29, 1.82) is 0 Å². The zero-order chi connectivity index (χ0) is 24.4. The number of hydrogen-bond acceptors (Lipinski definition) is 5. The maximum atomic E-state index is 14.2. The summed E-state index contributed by atoms with van der Waals surface area (Å²) in [4.78, 5) is 37.4. The molecule has 0 bridgehead atoms. The number of halogens is 2. The second kappa shape index (κ2) is 9.84. The maximum absolute atomic E-state index is 14.2. The van der Waals surface area contributed by atoms with Crippen molar-refractivity contribution in [2.24, 2.45) is 5.92 Å². The van der Waals surface area contributed by atoms with Crippen molar-refractivity contribution in [3.05, 3.63) is 93.6 Å². The molecule has 1 saturated heterocycles. The minimum Gasteiger partial charge on any atom is -0.351 e. The van der Waals surface area contributed by atoms with Gasteiger partial charge in [0.15, 0.2) is 11.5 Å². The summed E-state index contributed by atoms with van der Waals surface area (Å²) in [5.74, 6) is -1.03. The molecule has 2 aromatic heterocycles. The summed E-state index contributed by atoms with van der Waals surface area (Å²) in [6, 6.07) is 17.4. The number of nitrogens with one attached hydrogen (secondary N) is 1. The highest BCUT2D eigenvalue weighted by molar-refractivity contribution is 6.30. The van der Waals surface area contributed by atoms with Crippen molar-refractivity contribution in [3.8, 4) is 0 Å². The highest BCUT2D eigenvalue weighted by Crippen LogP contribution is 2.24. The van der Waals surface area contributed by atoms with Crippen LogP contribution in [0.3, 0.4) is 0 Å². The third-order valence-electron chi connectivity index (χ3n) is 6.15. The van der Waals surface area contributed by atoms with Gasteiger partial charge in [0, 0.05) is 24.3 Å². The molecule has 1 fully saturated rings. The Morgan fingerprint density at radius 1 is 1.14 bits per heavy atom. The van der Waals surface area contributed by atoms with Crippen LogP contribution < -0.4 is 15.8 Å². The van der Waals surface area contributed by atoms with Crippen molar-refractivity contribution in [2.75, 3.05) is 23.3 Å². The number of hydrogen-bond donors (Lipinski definition) is 1. The molecule has 0 unspecified atom stereocenters. The van der Waals surface area contributed by atoms with Crippen LogP contribution in [0.25, 0.3) is 11.2 Å². The number of anilines is 2. The van der Waals surface area contributed by atoms with Gasteiger partial charge in [0.25, 0.3) is 5.56 Å². The van der Waals surface area contributed by atoms with Crippen LogP contribution in [-0.4, -0.2) is 33.5 Å². The molecule has 7 nitrogen and oxygen atoms in total. The quantitative estimate of drug-likeness (QED) is 0.445. The van der Waals surface area contributed by atoms with E-state index in [-0.39, 0.29) is 28.0 Å². The predicted molar refractivity (Wildman–Crippen MR) is 134 cm³/mol. The first-order valence-corrected chi connectivity index (χ1v) is 11.8. The fraction of sp³-hybridized carbons (Fsp3) is 0.231. The van der Waals surface area contributed by atoms with Gasteiger partial charge >= 0.3 is 0 Å². The summed E-state index contributed by atoms with van der Waals surface area (Å²) >= 11 is 5.81. The minimum absolute atomic E-state index is 0.0802. The van der Waals surface area contributed by atoms with Crippen LogP contribution in [0, 0.1) is 11.7 Å². The lowest BCUT2D eigenvalue weighted by Crippen LogP contribution is -2.44. The molecule has 5 rings (SSSR count). The predicted octanol–water partition coefficient (Wildman–Crippen LogP) is 4.49. The van der Waals surface area contributed by atoms with Gasteiger partial charge in [0.05, 0.1) is 18.2 Å². The number of amides is 1. The van der Waals surface area contributed by atoms with Crippen molar-refractivity contribution in [3.63, 3.8) is 0 Å². The molecule has 1 aliphatic rings. The molecular formula is C26H23ClFN5O2. The molecule has 3 heterocycles. The zero-order valence-electron chi connectivity index (χ0n) is 18.8. The topological polar surface area (TPSA) is 80.1 Å². The van der Waals surface area contributed by atoms with Crippen LogP contribution in [0.5, 0.6) is 0 Å². The number of pyridine rings is 1. The number of rotatable bonds is 5. The molecule has 0 radical (unpaired) electrons. The van der Waals surface area contributed by atoms with Crippen LogP contribution in [0.15, 0.2) is 71.7 Å².